The Morgan fingerprint density at radius 1 is 0.844 bits per heavy atom. The number of hydrogen-bond donors (Lipinski definition) is 0. The van der Waals surface area contributed by atoms with Gasteiger partial charge in [0.25, 0.3) is 0 Å². The molecule has 2 unspecified atom stereocenters. The van der Waals surface area contributed by atoms with Crippen molar-refractivity contribution in [3.05, 3.63) is 125 Å². The van der Waals surface area contributed by atoms with Gasteiger partial charge in [0.2, 0.25) is 0 Å². The van der Waals surface area contributed by atoms with Crippen molar-refractivity contribution in [2.45, 2.75) is 24.9 Å². The van der Waals surface area contributed by atoms with Gasteiger partial charge in [0.05, 0.1) is 28.6 Å². The molecule has 0 aliphatic heterocycles. The summed E-state index contributed by atoms with van der Waals surface area (Å²) in [6.07, 6.45) is -1.16. The minimum atomic E-state index is -1.77. The molecule has 0 bridgehead atoms. The van der Waals surface area contributed by atoms with Crippen molar-refractivity contribution in [2.75, 3.05) is 7.11 Å². The lowest BCUT2D eigenvalue weighted by atomic mass is 9.89. The predicted octanol–water partition coefficient (Wildman–Crippen LogP) is 10.3. The summed E-state index contributed by atoms with van der Waals surface area (Å²) in [6.45, 7) is 3.46. The highest BCUT2D eigenvalue weighted by Gasteiger charge is 2.25. The lowest BCUT2D eigenvalue weighted by Gasteiger charge is -2.17. The molecule has 45 heavy (non-hydrogen) atoms. The number of benzene rings is 6. The van der Waals surface area contributed by atoms with Crippen LogP contribution in [0.4, 0.5) is 8.78 Å². The molecule has 0 amide bonds. The highest BCUT2D eigenvalue weighted by Crippen LogP contribution is 2.46. The van der Waals surface area contributed by atoms with Crippen LogP contribution in [0.25, 0.3) is 54.5 Å². The Kier molecular flexibility index (Phi) is 7.18. The van der Waals surface area contributed by atoms with Crippen LogP contribution in [0.1, 0.15) is 34.6 Å². The van der Waals surface area contributed by atoms with Crippen molar-refractivity contribution in [3.8, 4) is 11.1 Å². The van der Waals surface area contributed by atoms with Crippen molar-refractivity contribution in [3.63, 3.8) is 0 Å². The third kappa shape index (κ3) is 4.61. The summed E-state index contributed by atoms with van der Waals surface area (Å²) in [5.74, 6) is -0.890. The predicted molar refractivity (Wildman–Crippen MR) is 179 cm³/mol. The third-order valence-electron chi connectivity index (χ3n) is 8.39. The molecular weight excluding hydrogens is 612 g/mol. The summed E-state index contributed by atoms with van der Waals surface area (Å²) >= 11 is 6.81. The van der Waals surface area contributed by atoms with E-state index >= 15 is 0 Å². The van der Waals surface area contributed by atoms with Crippen LogP contribution in [0.5, 0.6) is 0 Å². The topological polar surface area (TPSA) is 48.3 Å². The second kappa shape index (κ2) is 11.1. The molecule has 0 fully saturated rings. The maximum absolute atomic E-state index is 14.9. The van der Waals surface area contributed by atoms with E-state index in [1.807, 2.05) is 43.3 Å². The van der Waals surface area contributed by atoms with Gasteiger partial charge in [-0.2, -0.15) is 0 Å². The first-order valence-electron chi connectivity index (χ1n) is 14.3. The molecule has 224 valence electrons. The van der Waals surface area contributed by atoms with Gasteiger partial charge in [-0.15, -0.1) is 0 Å². The van der Waals surface area contributed by atoms with E-state index in [2.05, 4.69) is 0 Å². The SMILES string of the molecule is COC(=O)c1ccc(-c2cccc3c2c2cccc(C)c2c2c4cc(F)ccc4n(S(=O)c4ccc(C(C)F)cc4)c32)c(Cl)c1. The zero-order valence-corrected chi connectivity index (χ0v) is 26.1. The van der Waals surface area contributed by atoms with E-state index in [0.717, 1.165) is 38.1 Å². The standard InChI is InChI=1S/C37H26ClF2NO3S/c1-20-6-4-8-28-33(20)35-30-19-24(40)13-17-32(30)41(45(43)25-14-10-22(11-15-25)21(2)39)36(35)29-9-5-7-27(34(28)29)26-16-12-23(18-31(26)38)37(42)44-3/h4-19,21H,1-3H3. The minimum absolute atomic E-state index is 0.334. The first-order valence-corrected chi connectivity index (χ1v) is 15.8. The number of fused-ring (bicyclic) bond motifs is 8. The average molecular weight is 638 g/mol. The van der Waals surface area contributed by atoms with E-state index in [9.17, 15) is 17.8 Å². The Bertz CT molecular complexity index is 2360. The molecule has 1 heterocycles. The number of aryl methyl sites for hydroxylation is 1. The number of carbonyl (C=O) groups is 1. The molecule has 0 aliphatic rings. The summed E-state index contributed by atoms with van der Waals surface area (Å²) in [5, 5.41) is 5.31. The molecule has 7 aromatic rings. The van der Waals surface area contributed by atoms with Crippen LogP contribution in [0, 0.1) is 12.7 Å². The first-order chi connectivity index (χ1) is 21.7. The Labute approximate surface area is 265 Å². The molecule has 0 saturated carbocycles. The number of aromatic nitrogens is 1. The molecule has 7 rings (SSSR count). The Balaban J connectivity index is 1.65. The van der Waals surface area contributed by atoms with Crippen molar-refractivity contribution in [1.29, 1.82) is 0 Å². The highest BCUT2D eigenvalue weighted by molar-refractivity contribution is 7.84. The molecule has 0 saturated heterocycles. The zero-order valence-electron chi connectivity index (χ0n) is 24.5. The van der Waals surface area contributed by atoms with Gasteiger partial charge in [-0.25, -0.2) is 17.8 Å². The highest BCUT2D eigenvalue weighted by atomic mass is 35.5. The van der Waals surface area contributed by atoms with Gasteiger partial charge in [-0.05, 0) is 89.2 Å². The van der Waals surface area contributed by atoms with E-state index in [0.29, 0.717) is 43.0 Å². The number of halogens is 3. The van der Waals surface area contributed by atoms with Gasteiger partial charge >= 0.3 is 5.97 Å². The van der Waals surface area contributed by atoms with Gasteiger partial charge in [0.15, 0.2) is 11.0 Å². The summed E-state index contributed by atoms with van der Waals surface area (Å²) in [4.78, 5) is 12.7. The second-order valence-corrected chi connectivity index (χ2v) is 12.8. The maximum Gasteiger partial charge on any atom is 0.337 e. The minimum Gasteiger partial charge on any atom is -0.465 e. The summed E-state index contributed by atoms with van der Waals surface area (Å²) in [5.41, 5.74) is 4.61. The Hall–Kier alpha value is -4.59. The number of methoxy groups -OCH3 is 1. The molecule has 0 aliphatic carbocycles. The lowest BCUT2D eigenvalue weighted by Crippen LogP contribution is -2.05. The number of ether oxygens (including phenoxy) is 1. The molecule has 0 radical (unpaired) electrons. The zero-order chi connectivity index (χ0) is 31.6. The molecular formula is C37H26ClF2NO3S. The van der Waals surface area contributed by atoms with Crippen LogP contribution in [0.3, 0.4) is 0 Å². The molecule has 0 spiro atoms. The van der Waals surface area contributed by atoms with Gasteiger partial charge in [0, 0.05) is 26.7 Å². The average Bonchev–Trinajstić information content (AvgIpc) is 3.38. The Morgan fingerprint density at radius 3 is 2.29 bits per heavy atom. The van der Waals surface area contributed by atoms with Gasteiger partial charge in [-0.1, -0.05) is 66.2 Å². The fraction of sp³-hybridized carbons (Fsp3) is 0.108. The summed E-state index contributed by atoms with van der Waals surface area (Å²) < 4.78 is 50.1. The van der Waals surface area contributed by atoms with Crippen molar-refractivity contribution in [1.82, 2.24) is 3.97 Å². The molecule has 8 heteroatoms. The second-order valence-electron chi connectivity index (χ2n) is 11.0. The quantitative estimate of drug-likeness (QED) is 0.139. The van der Waals surface area contributed by atoms with E-state index in [1.54, 1.807) is 52.5 Å². The molecule has 6 aromatic carbocycles. The first kappa shape index (κ1) is 29.1. The normalized spacial score (nSPS) is 13.1. The van der Waals surface area contributed by atoms with Crippen LogP contribution in [-0.4, -0.2) is 21.3 Å². The van der Waals surface area contributed by atoms with Crippen LogP contribution in [-0.2, 0) is 15.7 Å². The molecule has 2 atom stereocenters. The van der Waals surface area contributed by atoms with Crippen LogP contribution >= 0.6 is 11.6 Å². The molecule has 0 N–H and O–H groups in total. The smallest absolute Gasteiger partial charge is 0.337 e. The fourth-order valence-electron chi connectivity index (χ4n) is 6.31. The summed E-state index contributed by atoms with van der Waals surface area (Å²) in [6, 6.07) is 28.1. The monoisotopic (exact) mass is 637 g/mol. The van der Waals surface area contributed by atoms with Gasteiger partial charge < -0.3 is 4.74 Å². The van der Waals surface area contributed by atoms with Crippen molar-refractivity contribution < 1.29 is 22.5 Å². The van der Waals surface area contributed by atoms with E-state index in [1.165, 1.54) is 26.2 Å². The number of esters is 1. The number of alkyl halides is 1. The van der Waals surface area contributed by atoms with Crippen molar-refractivity contribution >= 4 is 71.9 Å². The Morgan fingerprint density at radius 2 is 1.58 bits per heavy atom. The van der Waals surface area contributed by atoms with Gasteiger partial charge in [-0.3, -0.25) is 3.97 Å². The maximum atomic E-state index is 14.9. The van der Waals surface area contributed by atoms with E-state index in [-0.39, 0.29) is 0 Å². The molecule has 1 aromatic heterocycles. The van der Waals surface area contributed by atoms with Gasteiger partial charge in [0.1, 0.15) is 12.0 Å². The van der Waals surface area contributed by atoms with E-state index < -0.39 is 28.9 Å². The lowest BCUT2D eigenvalue weighted by molar-refractivity contribution is 0.0600. The fourth-order valence-corrected chi connectivity index (χ4v) is 7.87. The van der Waals surface area contributed by atoms with Crippen molar-refractivity contribution in [2.24, 2.45) is 0 Å². The third-order valence-corrected chi connectivity index (χ3v) is 10.1. The molecule has 4 nitrogen and oxygen atoms in total. The number of carbonyl (C=O) groups excluding carboxylic acids is 1. The van der Waals surface area contributed by atoms with Crippen LogP contribution in [0.2, 0.25) is 5.02 Å². The van der Waals surface area contributed by atoms with E-state index in [4.69, 9.17) is 16.3 Å². The number of hydrogen-bond acceptors (Lipinski definition) is 3. The van der Waals surface area contributed by atoms with Crippen LogP contribution < -0.4 is 0 Å². The largest absolute Gasteiger partial charge is 0.465 e. The number of nitrogens with zero attached hydrogens (tertiary/aromatic N) is 1. The van der Waals surface area contributed by atoms with Crippen LogP contribution in [0.15, 0.2) is 102 Å². The number of rotatable bonds is 5. The summed E-state index contributed by atoms with van der Waals surface area (Å²) in [7, 11) is -0.450.